The second kappa shape index (κ2) is 8.17. The van der Waals surface area contributed by atoms with Crippen molar-refractivity contribution in [1.82, 2.24) is 10.3 Å². The largest absolute Gasteiger partial charge is 0.497 e. The summed E-state index contributed by atoms with van der Waals surface area (Å²) in [5.41, 5.74) is 2.53. The molecule has 2 N–H and O–H groups in total. The highest BCUT2D eigenvalue weighted by atomic mass is 16.5. The summed E-state index contributed by atoms with van der Waals surface area (Å²) >= 11 is 0. The molecule has 1 amide bonds. The number of amides is 1. The fourth-order valence-electron chi connectivity index (χ4n) is 2.23. The molecule has 2 rings (SSSR count). The van der Waals surface area contributed by atoms with Crippen molar-refractivity contribution in [3.05, 3.63) is 53.9 Å². The average Bonchev–Trinajstić information content (AvgIpc) is 2.54. The summed E-state index contributed by atoms with van der Waals surface area (Å²) < 4.78 is 5.19. The summed E-state index contributed by atoms with van der Waals surface area (Å²) in [5, 5.41) is 6.16. The highest BCUT2D eigenvalue weighted by Gasteiger charge is 2.07. The van der Waals surface area contributed by atoms with E-state index in [9.17, 15) is 4.79 Å². The molecule has 0 aliphatic carbocycles. The van der Waals surface area contributed by atoms with E-state index in [4.69, 9.17) is 4.74 Å². The predicted octanol–water partition coefficient (Wildman–Crippen LogP) is 2.88. The molecule has 1 heterocycles. The number of carbonyl (C=O) groups is 1. The number of benzene rings is 1. The topological polar surface area (TPSA) is 63.2 Å². The predicted molar refractivity (Wildman–Crippen MR) is 92.0 cm³/mol. The van der Waals surface area contributed by atoms with Gasteiger partial charge in [-0.2, -0.15) is 0 Å². The Morgan fingerprint density at radius 2 is 2.09 bits per heavy atom. The summed E-state index contributed by atoms with van der Waals surface area (Å²) in [6.07, 6.45) is 4.04. The summed E-state index contributed by atoms with van der Waals surface area (Å²) in [4.78, 5) is 16.3. The molecule has 0 saturated heterocycles. The van der Waals surface area contributed by atoms with Gasteiger partial charge in [-0.05, 0) is 44.0 Å². The van der Waals surface area contributed by atoms with Crippen molar-refractivity contribution in [3.63, 3.8) is 0 Å². The summed E-state index contributed by atoms with van der Waals surface area (Å²) in [7, 11) is 1.64. The number of aromatic nitrogens is 1. The summed E-state index contributed by atoms with van der Waals surface area (Å²) in [6.45, 7) is 4.65. The zero-order valence-corrected chi connectivity index (χ0v) is 13.8. The van der Waals surface area contributed by atoms with E-state index >= 15 is 0 Å². The zero-order chi connectivity index (χ0) is 16.7. The van der Waals surface area contributed by atoms with Gasteiger partial charge < -0.3 is 15.4 Å². The Morgan fingerprint density at radius 3 is 2.83 bits per heavy atom. The Bertz CT molecular complexity index is 656. The Labute approximate surface area is 137 Å². The number of nitrogens with zero attached hydrogens (tertiary/aromatic N) is 1. The van der Waals surface area contributed by atoms with Crippen LogP contribution in [0.3, 0.4) is 0 Å². The number of ether oxygens (including phenoxy) is 1. The lowest BCUT2D eigenvalue weighted by atomic mass is 10.1. The van der Waals surface area contributed by atoms with Gasteiger partial charge in [0.25, 0.3) is 5.91 Å². The molecule has 0 radical (unpaired) electrons. The molecule has 0 saturated carbocycles. The fourth-order valence-corrected chi connectivity index (χ4v) is 2.23. The first kappa shape index (κ1) is 16.8. The van der Waals surface area contributed by atoms with Gasteiger partial charge in [0.05, 0.1) is 18.4 Å². The third-order valence-electron chi connectivity index (χ3n) is 3.29. The fraction of sp³-hybridized carbons (Fsp3) is 0.333. The SMILES string of the molecule is COc1cccc(CCNC(=O)c2cncc(NC(C)C)c2)c1. The zero-order valence-electron chi connectivity index (χ0n) is 13.8. The van der Waals surface area contributed by atoms with Crippen LogP contribution in [0.4, 0.5) is 5.69 Å². The molecule has 0 spiro atoms. The number of anilines is 1. The maximum atomic E-state index is 12.2. The highest BCUT2D eigenvalue weighted by Crippen LogP contribution is 2.13. The molecular weight excluding hydrogens is 290 g/mol. The molecule has 0 aliphatic rings. The minimum atomic E-state index is -0.118. The quantitative estimate of drug-likeness (QED) is 0.825. The van der Waals surface area contributed by atoms with Crippen LogP contribution in [0.5, 0.6) is 5.75 Å². The van der Waals surface area contributed by atoms with E-state index in [1.807, 2.05) is 44.2 Å². The third-order valence-corrected chi connectivity index (χ3v) is 3.29. The Hall–Kier alpha value is -2.56. The minimum Gasteiger partial charge on any atom is -0.497 e. The van der Waals surface area contributed by atoms with Crippen molar-refractivity contribution in [2.45, 2.75) is 26.3 Å². The first-order chi connectivity index (χ1) is 11.1. The highest BCUT2D eigenvalue weighted by molar-refractivity contribution is 5.94. The minimum absolute atomic E-state index is 0.118. The van der Waals surface area contributed by atoms with Crippen LogP contribution in [-0.2, 0) is 6.42 Å². The van der Waals surface area contributed by atoms with E-state index < -0.39 is 0 Å². The molecule has 1 aromatic carbocycles. The molecular formula is C18H23N3O2. The van der Waals surface area contributed by atoms with Gasteiger partial charge in [-0.25, -0.2) is 0 Å². The molecule has 2 aromatic rings. The van der Waals surface area contributed by atoms with Crippen molar-refractivity contribution in [2.24, 2.45) is 0 Å². The maximum Gasteiger partial charge on any atom is 0.252 e. The molecule has 0 unspecified atom stereocenters. The van der Waals surface area contributed by atoms with E-state index in [0.29, 0.717) is 18.2 Å². The van der Waals surface area contributed by atoms with Crippen molar-refractivity contribution in [3.8, 4) is 5.75 Å². The number of nitrogens with one attached hydrogen (secondary N) is 2. The summed E-state index contributed by atoms with van der Waals surface area (Å²) in [6, 6.07) is 9.95. The van der Waals surface area contributed by atoms with Crippen LogP contribution < -0.4 is 15.4 Å². The van der Waals surface area contributed by atoms with Crippen LogP contribution in [0, 0.1) is 0 Å². The monoisotopic (exact) mass is 313 g/mol. The van der Waals surface area contributed by atoms with Gasteiger partial charge in [-0.3, -0.25) is 9.78 Å². The van der Waals surface area contributed by atoms with Gasteiger partial charge in [0, 0.05) is 25.0 Å². The molecule has 5 nitrogen and oxygen atoms in total. The molecule has 0 atom stereocenters. The van der Waals surface area contributed by atoms with Crippen molar-refractivity contribution in [2.75, 3.05) is 19.0 Å². The molecule has 0 fully saturated rings. The summed E-state index contributed by atoms with van der Waals surface area (Å²) in [5.74, 6) is 0.707. The second-order valence-corrected chi connectivity index (χ2v) is 5.62. The van der Waals surface area contributed by atoms with Gasteiger partial charge in [-0.15, -0.1) is 0 Å². The van der Waals surface area contributed by atoms with Gasteiger partial charge in [0.1, 0.15) is 5.75 Å². The van der Waals surface area contributed by atoms with Gasteiger partial charge in [-0.1, -0.05) is 12.1 Å². The average molecular weight is 313 g/mol. The van der Waals surface area contributed by atoms with Crippen LogP contribution in [0.2, 0.25) is 0 Å². The number of methoxy groups -OCH3 is 1. The van der Waals surface area contributed by atoms with Crippen molar-refractivity contribution >= 4 is 11.6 Å². The lowest BCUT2D eigenvalue weighted by Crippen LogP contribution is -2.26. The van der Waals surface area contributed by atoms with E-state index in [1.54, 1.807) is 19.5 Å². The van der Waals surface area contributed by atoms with Crippen molar-refractivity contribution in [1.29, 1.82) is 0 Å². The number of hydrogen-bond acceptors (Lipinski definition) is 4. The molecule has 122 valence electrons. The molecule has 5 heteroatoms. The van der Waals surface area contributed by atoms with Crippen molar-refractivity contribution < 1.29 is 9.53 Å². The Balaban J connectivity index is 1.89. The smallest absolute Gasteiger partial charge is 0.252 e. The number of rotatable bonds is 7. The lowest BCUT2D eigenvalue weighted by Gasteiger charge is -2.11. The van der Waals surface area contributed by atoms with Crippen LogP contribution in [0.15, 0.2) is 42.7 Å². The lowest BCUT2D eigenvalue weighted by molar-refractivity contribution is 0.0954. The van der Waals surface area contributed by atoms with Crippen LogP contribution in [0.1, 0.15) is 29.8 Å². The number of carbonyl (C=O) groups excluding carboxylic acids is 1. The standard InChI is InChI=1S/C18H23N3O2/c1-13(2)21-16-10-15(11-19-12-16)18(22)20-8-7-14-5-4-6-17(9-14)23-3/h4-6,9-13,21H,7-8H2,1-3H3,(H,20,22). The van der Waals surface area contributed by atoms with E-state index in [2.05, 4.69) is 15.6 Å². The number of hydrogen-bond donors (Lipinski definition) is 2. The Kier molecular flexibility index (Phi) is 5.97. The molecule has 0 aliphatic heterocycles. The molecule has 1 aromatic heterocycles. The second-order valence-electron chi connectivity index (χ2n) is 5.62. The first-order valence-corrected chi connectivity index (χ1v) is 7.71. The van der Waals surface area contributed by atoms with Crippen LogP contribution >= 0.6 is 0 Å². The third kappa shape index (κ3) is 5.29. The van der Waals surface area contributed by atoms with Gasteiger partial charge in [0.2, 0.25) is 0 Å². The number of pyridine rings is 1. The molecule has 0 bridgehead atoms. The Morgan fingerprint density at radius 1 is 1.26 bits per heavy atom. The van der Waals surface area contributed by atoms with Crippen LogP contribution in [0.25, 0.3) is 0 Å². The van der Waals surface area contributed by atoms with Crippen LogP contribution in [-0.4, -0.2) is 30.6 Å². The van der Waals surface area contributed by atoms with E-state index in [-0.39, 0.29) is 5.91 Å². The van der Waals surface area contributed by atoms with Gasteiger partial charge >= 0.3 is 0 Å². The first-order valence-electron chi connectivity index (χ1n) is 7.71. The van der Waals surface area contributed by atoms with Gasteiger partial charge in [0.15, 0.2) is 0 Å². The van der Waals surface area contributed by atoms with E-state index in [1.165, 1.54) is 0 Å². The maximum absolute atomic E-state index is 12.2. The molecule has 23 heavy (non-hydrogen) atoms. The van der Waals surface area contributed by atoms with E-state index in [0.717, 1.165) is 23.4 Å². The normalized spacial score (nSPS) is 10.4.